The van der Waals surface area contributed by atoms with Gasteiger partial charge in [-0.25, -0.2) is 0 Å². The number of fused-ring (bicyclic) bond motifs is 1. The number of nitrogens with zero attached hydrogens (tertiary/aromatic N) is 2. The summed E-state index contributed by atoms with van der Waals surface area (Å²) in [5.41, 5.74) is 1.21. The molecule has 4 rings (SSSR count). The van der Waals surface area contributed by atoms with Gasteiger partial charge >= 0.3 is 0 Å². The summed E-state index contributed by atoms with van der Waals surface area (Å²) in [6, 6.07) is 9.96. The van der Waals surface area contributed by atoms with Crippen molar-refractivity contribution in [2.75, 3.05) is 26.3 Å². The van der Waals surface area contributed by atoms with E-state index in [2.05, 4.69) is 0 Å². The van der Waals surface area contributed by atoms with Crippen LogP contribution in [-0.2, 0) is 11.3 Å². The molecule has 0 N–H and O–H groups in total. The van der Waals surface area contributed by atoms with Crippen molar-refractivity contribution >= 4 is 35.0 Å². The average molecular weight is 463 g/mol. The Morgan fingerprint density at radius 2 is 1.97 bits per heavy atom. The van der Waals surface area contributed by atoms with Gasteiger partial charge in [-0.05, 0) is 44.0 Å². The van der Waals surface area contributed by atoms with Gasteiger partial charge in [-0.3, -0.25) is 9.59 Å². The molecular formula is C23H24Cl2N2O4. The largest absolute Gasteiger partial charge is 0.486 e. The molecule has 164 valence electrons. The van der Waals surface area contributed by atoms with Crippen LogP contribution >= 0.6 is 23.2 Å². The van der Waals surface area contributed by atoms with E-state index in [4.69, 9.17) is 32.7 Å². The van der Waals surface area contributed by atoms with E-state index in [-0.39, 0.29) is 11.8 Å². The number of halogens is 2. The lowest BCUT2D eigenvalue weighted by atomic mass is 10.1. The molecule has 0 spiro atoms. The second-order valence-corrected chi connectivity index (χ2v) is 8.42. The summed E-state index contributed by atoms with van der Waals surface area (Å²) < 4.78 is 11.4. The minimum atomic E-state index is -0.529. The highest BCUT2D eigenvalue weighted by atomic mass is 35.5. The molecule has 31 heavy (non-hydrogen) atoms. The molecule has 0 aromatic heterocycles. The van der Waals surface area contributed by atoms with Crippen molar-refractivity contribution in [1.29, 1.82) is 0 Å². The lowest BCUT2D eigenvalue weighted by Crippen LogP contribution is -2.47. The van der Waals surface area contributed by atoms with E-state index in [0.717, 1.165) is 12.0 Å². The van der Waals surface area contributed by atoms with Crippen LogP contribution in [0.15, 0.2) is 36.4 Å². The maximum absolute atomic E-state index is 13.4. The number of amides is 2. The van der Waals surface area contributed by atoms with Gasteiger partial charge in [-0.1, -0.05) is 35.3 Å². The molecule has 2 heterocycles. The van der Waals surface area contributed by atoms with Crippen molar-refractivity contribution in [3.63, 3.8) is 0 Å². The van der Waals surface area contributed by atoms with Gasteiger partial charge < -0.3 is 19.3 Å². The van der Waals surface area contributed by atoms with Gasteiger partial charge in [0.1, 0.15) is 19.3 Å². The molecule has 0 bridgehead atoms. The van der Waals surface area contributed by atoms with Crippen molar-refractivity contribution in [2.45, 2.75) is 32.4 Å². The lowest BCUT2D eigenvalue weighted by molar-refractivity contribution is -0.135. The number of likely N-dealkylation sites (N-methyl/N-ethyl adjacent to an activating group) is 1. The van der Waals surface area contributed by atoms with Crippen molar-refractivity contribution < 1.29 is 19.1 Å². The first-order chi connectivity index (χ1) is 15.0. The van der Waals surface area contributed by atoms with Crippen LogP contribution in [0.3, 0.4) is 0 Å². The molecule has 0 saturated carbocycles. The van der Waals surface area contributed by atoms with Crippen LogP contribution in [-0.4, -0.2) is 54.0 Å². The lowest BCUT2D eigenvalue weighted by Gasteiger charge is -2.31. The highest BCUT2D eigenvalue weighted by Crippen LogP contribution is 2.35. The number of likely N-dealkylation sites (tertiary alicyclic amines) is 1. The molecule has 8 heteroatoms. The first-order valence-corrected chi connectivity index (χ1v) is 11.2. The predicted molar refractivity (Wildman–Crippen MR) is 119 cm³/mol. The molecule has 1 unspecified atom stereocenters. The average Bonchev–Trinajstić information content (AvgIpc) is 3.28. The third-order valence-corrected chi connectivity index (χ3v) is 6.22. The fourth-order valence-electron chi connectivity index (χ4n) is 4.10. The molecule has 2 aliphatic heterocycles. The summed E-state index contributed by atoms with van der Waals surface area (Å²) in [4.78, 5) is 30.0. The number of ether oxygens (including phenoxy) is 2. The molecule has 1 fully saturated rings. The van der Waals surface area contributed by atoms with Crippen LogP contribution in [0.2, 0.25) is 10.0 Å². The minimum absolute atomic E-state index is 0.0826. The van der Waals surface area contributed by atoms with Crippen molar-refractivity contribution in [3.05, 3.63) is 57.6 Å². The van der Waals surface area contributed by atoms with Crippen LogP contribution < -0.4 is 9.47 Å². The zero-order chi connectivity index (χ0) is 22.0. The molecule has 2 aromatic carbocycles. The Morgan fingerprint density at radius 1 is 1.16 bits per heavy atom. The number of carbonyl (C=O) groups is 2. The summed E-state index contributed by atoms with van der Waals surface area (Å²) in [6.07, 6.45) is 1.38. The zero-order valence-corrected chi connectivity index (χ0v) is 18.8. The second-order valence-electron chi connectivity index (χ2n) is 7.57. The van der Waals surface area contributed by atoms with Crippen molar-refractivity contribution in [1.82, 2.24) is 9.80 Å². The van der Waals surface area contributed by atoms with E-state index in [1.807, 2.05) is 25.1 Å². The van der Waals surface area contributed by atoms with Crippen LogP contribution in [0.25, 0.3) is 0 Å². The first kappa shape index (κ1) is 21.8. The standard InChI is InChI=1S/C23H24Cl2N2O4/c1-2-26(14-15-5-3-7-20-21(15)31-12-11-30-20)23(29)19-6-4-10-27(19)22(28)17-13-16(24)8-9-18(17)25/h3,5,7-9,13,19H,2,4,6,10-12,14H2,1H3. The van der Waals surface area contributed by atoms with E-state index < -0.39 is 6.04 Å². The molecule has 2 aliphatic rings. The van der Waals surface area contributed by atoms with Gasteiger partial charge in [0.15, 0.2) is 11.5 Å². The number of hydrogen-bond acceptors (Lipinski definition) is 4. The third kappa shape index (κ3) is 4.46. The van der Waals surface area contributed by atoms with E-state index in [1.165, 1.54) is 0 Å². The topological polar surface area (TPSA) is 59.1 Å². The molecule has 6 nitrogen and oxygen atoms in total. The Bertz CT molecular complexity index is 998. The van der Waals surface area contributed by atoms with E-state index in [0.29, 0.717) is 66.4 Å². The normalized spacial score (nSPS) is 17.5. The van der Waals surface area contributed by atoms with Gasteiger partial charge in [0.25, 0.3) is 5.91 Å². The second kappa shape index (κ2) is 9.37. The number of para-hydroxylation sites is 1. The zero-order valence-electron chi connectivity index (χ0n) is 17.3. The number of rotatable bonds is 5. The van der Waals surface area contributed by atoms with Crippen LogP contribution in [0.5, 0.6) is 11.5 Å². The molecule has 0 aliphatic carbocycles. The van der Waals surface area contributed by atoms with Crippen LogP contribution in [0.4, 0.5) is 0 Å². The maximum atomic E-state index is 13.4. The van der Waals surface area contributed by atoms with Gasteiger partial charge in [-0.2, -0.15) is 0 Å². The molecule has 2 amide bonds. The Balaban J connectivity index is 1.54. The Kier molecular flexibility index (Phi) is 6.58. The predicted octanol–water partition coefficient (Wildman–Crippen LogP) is 4.42. The van der Waals surface area contributed by atoms with Gasteiger partial charge in [0.2, 0.25) is 5.91 Å². The first-order valence-electron chi connectivity index (χ1n) is 10.4. The summed E-state index contributed by atoms with van der Waals surface area (Å²) in [6.45, 7) is 4.33. The van der Waals surface area contributed by atoms with Gasteiger partial charge in [0, 0.05) is 30.2 Å². The highest BCUT2D eigenvalue weighted by Gasteiger charge is 2.37. The van der Waals surface area contributed by atoms with Crippen molar-refractivity contribution in [2.24, 2.45) is 0 Å². The molecular weight excluding hydrogens is 439 g/mol. The number of hydrogen-bond donors (Lipinski definition) is 0. The number of carbonyl (C=O) groups excluding carboxylic acids is 2. The smallest absolute Gasteiger partial charge is 0.256 e. The highest BCUT2D eigenvalue weighted by molar-refractivity contribution is 6.35. The summed E-state index contributed by atoms with van der Waals surface area (Å²) in [5.74, 6) is 1.03. The van der Waals surface area contributed by atoms with Crippen LogP contribution in [0, 0.1) is 0 Å². The summed E-state index contributed by atoms with van der Waals surface area (Å²) >= 11 is 12.3. The minimum Gasteiger partial charge on any atom is -0.486 e. The van der Waals surface area contributed by atoms with E-state index >= 15 is 0 Å². The molecule has 0 radical (unpaired) electrons. The summed E-state index contributed by atoms with van der Waals surface area (Å²) in [5, 5.41) is 0.758. The maximum Gasteiger partial charge on any atom is 0.256 e. The fourth-order valence-corrected chi connectivity index (χ4v) is 4.47. The third-order valence-electron chi connectivity index (χ3n) is 5.66. The van der Waals surface area contributed by atoms with E-state index in [9.17, 15) is 9.59 Å². The Morgan fingerprint density at radius 3 is 2.77 bits per heavy atom. The fraction of sp³-hybridized carbons (Fsp3) is 0.391. The Hall–Kier alpha value is -2.44. The monoisotopic (exact) mass is 462 g/mol. The summed E-state index contributed by atoms with van der Waals surface area (Å²) in [7, 11) is 0. The SMILES string of the molecule is CCN(Cc1cccc2c1OCCO2)C(=O)C1CCCN1C(=O)c1cc(Cl)ccc1Cl. The van der Waals surface area contributed by atoms with E-state index in [1.54, 1.807) is 28.0 Å². The van der Waals surface area contributed by atoms with Gasteiger partial charge in [0.05, 0.1) is 10.6 Å². The Labute approximate surface area is 191 Å². The molecule has 1 saturated heterocycles. The molecule has 1 atom stereocenters. The quantitative estimate of drug-likeness (QED) is 0.659. The van der Waals surface area contributed by atoms with Crippen LogP contribution in [0.1, 0.15) is 35.7 Å². The number of benzene rings is 2. The van der Waals surface area contributed by atoms with Crippen molar-refractivity contribution in [3.8, 4) is 11.5 Å². The van der Waals surface area contributed by atoms with Gasteiger partial charge in [-0.15, -0.1) is 0 Å². The molecule has 2 aromatic rings.